The van der Waals surface area contributed by atoms with Gasteiger partial charge in [-0.3, -0.25) is 0 Å². The summed E-state index contributed by atoms with van der Waals surface area (Å²) in [5.41, 5.74) is 1.28. The number of nitrogens with zero attached hydrogens (tertiary/aromatic N) is 1. The molecule has 1 nitrogen and oxygen atoms in total. The van der Waals surface area contributed by atoms with Crippen molar-refractivity contribution in [3.8, 4) is 0 Å². The molecule has 2 heteroatoms. The molecule has 2 atom stereocenters. The average Bonchev–Trinajstić information content (AvgIpc) is 2.34. The number of anilines is 1. The molecule has 0 saturated heterocycles. The summed E-state index contributed by atoms with van der Waals surface area (Å²) >= 11 is 1.86. The third-order valence-electron chi connectivity index (χ3n) is 3.40. The highest BCUT2D eigenvalue weighted by Crippen LogP contribution is 2.37. The highest BCUT2D eigenvalue weighted by molar-refractivity contribution is 8.03. The van der Waals surface area contributed by atoms with Crippen molar-refractivity contribution in [3.63, 3.8) is 0 Å². The number of allylic oxidation sites excluding steroid dienone is 3. The Morgan fingerprint density at radius 3 is 2.44 bits per heavy atom. The predicted octanol–water partition coefficient (Wildman–Crippen LogP) is 4.57. The summed E-state index contributed by atoms with van der Waals surface area (Å²) in [7, 11) is 4.18. The third kappa shape index (κ3) is 2.99. The highest BCUT2D eigenvalue weighted by atomic mass is 32.2. The number of hydrogen-bond donors (Lipinski definition) is 0. The normalized spacial score (nSPS) is 22.8. The lowest BCUT2D eigenvalue weighted by atomic mass is 9.92. The number of para-hydroxylation sites is 1. The number of benzene rings is 1. The molecule has 0 spiro atoms. The lowest BCUT2D eigenvalue weighted by Gasteiger charge is -2.21. The number of thioether (sulfide) groups is 1. The first-order valence-electron chi connectivity index (χ1n) is 6.42. The summed E-state index contributed by atoms with van der Waals surface area (Å²) in [6, 6.07) is 8.56. The second-order valence-corrected chi connectivity index (χ2v) is 6.23. The van der Waals surface area contributed by atoms with E-state index >= 15 is 0 Å². The Hall–Kier alpha value is -1.15. The van der Waals surface area contributed by atoms with Gasteiger partial charge in [0.25, 0.3) is 0 Å². The third-order valence-corrected chi connectivity index (χ3v) is 4.47. The van der Waals surface area contributed by atoms with Crippen LogP contribution in [0.25, 0.3) is 0 Å². The summed E-state index contributed by atoms with van der Waals surface area (Å²) in [5, 5.41) is 0. The molecular formula is C16H21NS. The van der Waals surface area contributed by atoms with Gasteiger partial charge in [-0.25, -0.2) is 0 Å². The minimum Gasteiger partial charge on any atom is -0.377 e. The first-order valence-corrected chi connectivity index (χ1v) is 7.24. The molecule has 1 aromatic carbocycles. The molecule has 0 aliphatic heterocycles. The molecule has 0 aromatic heterocycles. The molecule has 0 amide bonds. The molecule has 96 valence electrons. The first kappa shape index (κ1) is 13.3. The van der Waals surface area contributed by atoms with Crippen LogP contribution in [-0.4, -0.2) is 14.1 Å². The zero-order valence-corrected chi connectivity index (χ0v) is 12.4. The van der Waals surface area contributed by atoms with Crippen LogP contribution in [0.3, 0.4) is 0 Å². The molecule has 18 heavy (non-hydrogen) atoms. The second-order valence-electron chi connectivity index (χ2n) is 5.11. The van der Waals surface area contributed by atoms with E-state index < -0.39 is 0 Å². The molecule has 2 rings (SSSR count). The van der Waals surface area contributed by atoms with Crippen molar-refractivity contribution >= 4 is 17.4 Å². The molecule has 1 aromatic rings. The molecule has 0 heterocycles. The highest BCUT2D eigenvalue weighted by Gasteiger charge is 2.14. The summed E-state index contributed by atoms with van der Waals surface area (Å²) < 4.78 is 0. The van der Waals surface area contributed by atoms with Gasteiger partial charge in [0, 0.05) is 23.9 Å². The molecule has 2 unspecified atom stereocenters. The van der Waals surface area contributed by atoms with Crippen LogP contribution in [0.5, 0.6) is 0 Å². The first-order chi connectivity index (χ1) is 8.58. The predicted molar refractivity (Wildman–Crippen MR) is 82.2 cm³/mol. The van der Waals surface area contributed by atoms with Gasteiger partial charge in [-0.2, -0.15) is 0 Å². The van der Waals surface area contributed by atoms with Gasteiger partial charge in [-0.1, -0.05) is 56.0 Å². The summed E-state index contributed by atoms with van der Waals surface area (Å²) in [5.74, 6) is 1.28. The van der Waals surface area contributed by atoms with Crippen LogP contribution in [0.15, 0.2) is 52.3 Å². The van der Waals surface area contributed by atoms with E-state index in [1.54, 1.807) is 0 Å². The van der Waals surface area contributed by atoms with Crippen molar-refractivity contribution in [3.05, 3.63) is 47.4 Å². The van der Waals surface area contributed by atoms with Crippen LogP contribution in [0.1, 0.15) is 13.8 Å². The lowest BCUT2D eigenvalue weighted by molar-refractivity contribution is 0.551. The van der Waals surface area contributed by atoms with Gasteiger partial charge >= 0.3 is 0 Å². The molecule has 1 aliphatic rings. The smallest absolute Gasteiger partial charge is 0.0502 e. The lowest BCUT2D eigenvalue weighted by Crippen LogP contribution is -2.10. The van der Waals surface area contributed by atoms with E-state index in [9.17, 15) is 0 Å². The van der Waals surface area contributed by atoms with Gasteiger partial charge in [-0.05, 0) is 24.0 Å². The Morgan fingerprint density at radius 2 is 1.78 bits per heavy atom. The van der Waals surface area contributed by atoms with E-state index in [1.807, 2.05) is 11.8 Å². The minimum absolute atomic E-state index is 0.629. The fraction of sp³-hybridized carbons (Fsp3) is 0.375. The SMILES string of the molecule is CC1C=CC(Sc2ccccc2N(C)C)=CC1C. The summed E-state index contributed by atoms with van der Waals surface area (Å²) in [4.78, 5) is 4.84. The molecular weight excluding hydrogens is 238 g/mol. The average molecular weight is 259 g/mol. The zero-order chi connectivity index (χ0) is 13.1. The minimum atomic E-state index is 0.629. The fourth-order valence-electron chi connectivity index (χ4n) is 2.00. The second kappa shape index (κ2) is 5.66. The maximum atomic E-state index is 2.38. The van der Waals surface area contributed by atoms with Crippen molar-refractivity contribution in [1.82, 2.24) is 0 Å². The topological polar surface area (TPSA) is 3.24 Å². The zero-order valence-electron chi connectivity index (χ0n) is 11.6. The van der Waals surface area contributed by atoms with Gasteiger partial charge in [0.2, 0.25) is 0 Å². The number of hydrogen-bond acceptors (Lipinski definition) is 2. The van der Waals surface area contributed by atoms with E-state index in [-0.39, 0.29) is 0 Å². The van der Waals surface area contributed by atoms with Crippen LogP contribution >= 0.6 is 11.8 Å². The maximum absolute atomic E-state index is 2.38. The van der Waals surface area contributed by atoms with Crippen molar-refractivity contribution < 1.29 is 0 Å². The molecule has 0 radical (unpaired) electrons. The quantitative estimate of drug-likeness (QED) is 0.782. The van der Waals surface area contributed by atoms with E-state index in [0.717, 1.165) is 0 Å². The van der Waals surface area contributed by atoms with E-state index in [0.29, 0.717) is 11.8 Å². The fourth-order valence-corrected chi connectivity index (χ4v) is 3.18. The Bertz CT molecular complexity index is 474. The number of rotatable bonds is 3. The van der Waals surface area contributed by atoms with E-state index in [2.05, 4.69) is 75.3 Å². The van der Waals surface area contributed by atoms with E-state index in [4.69, 9.17) is 0 Å². The largest absolute Gasteiger partial charge is 0.377 e. The summed E-state index contributed by atoms with van der Waals surface area (Å²) in [6.45, 7) is 4.56. The van der Waals surface area contributed by atoms with Crippen LogP contribution in [0.2, 0.25) is 0 Å². The van der Waals surface area contributed by atoms with Crippen molar-refractivity contribution in [2.45, 2.75) is 18.7 Å². The molecule has 0 saturated carbocycles. The Kier molecular flexibility index (Phi) is 4.18. The van der Waals surface area contributed by atoms with Crippen LogP contribution in [0.4, 0.5) is 5.69 Å². The van der Waals surface area contributed by atoms with Gasteiger partial charge < -0.3 is 4.90 Å². The van der Waals surface area contributed by atoms with Crippen LogP contribution in [-0.2, 0) is 0 Å². The Morgan fingerprint density at radius 1 is 1.06 bits per heavy atom. The standard InChI is InChI=1S/C16H21NS/c1-12-9-10-14(11-13(12)2)18-16-8-6-5-7-15(16)17(3)4/h5-13H,1-4H3. The Balaban J connectivity index is 2.20. The van der Waals surface area contributed by atoms with Gasteiger partial charge in [-0.15, -0.1) is 0 Å². The Labute approximate surface area is 115 Å². The van der Waals surface area contributed by atoms with Crippen molar-refractivity contribution in [2.75, 3.05) is 19.0 Å². The molecule has 0 bridgehead atoms. The van der Waals surface area contributed by atoms with E-state index in [1.165, 1.54) is 15.5 Å². The van der Waals surface area contributed by atoms with Crippen molar-refractivity contribution in [1.29, 1.82) is 0 Å². The monoisotopic (exact) mass is 259 g/mol. The maximum Gasteiger partial charge on any atom is 0.0502 e. The van der Waals surface area contributed by atoms with Crippen LogP contribution < -0.4 is 4.90 Å². The van der Waals surface area contributed by atoms with Crippen LogP contribution in [0, 0.1) is 11.8 Å². The molecule has 0 fully saturated rings. The van der Waals surface area contributed by atoms with Gasteiger partial charge in [0.05, 0.1) is 5.69 Å². The molecule has 1 aliphatic carbocycles. The van der Waals surface area contributed by atoms with Crippen molar-refractivity contribution in [2.24, 2.45) is 11.8 Å². The van der Waals surface area contributed by atoms with Gasteiger partial charge in [0.1, 0.15) is 0 Å². The molecule has 0 N–H and O–H groups in total. The summed E-state index contributed by atoms with van der Waals surface area (Å²) in [6.07, 6.45) is 6.94. The van der Waals surface area contributed by atoms with Gasteiger partial charge in [0.15, 0.2) is 0 Å².